The number of carbonyl (C=O) groups is 1. The summed E-state index contributed by atoms with van der Waals surface area (Å²) in [6.07, 6.45) is 3.08. The first-order valence-corrected chi connectivity index (χ1v) is 8.74. The molecule has 1 aromatic heterocycles. The fourth-order valence-corrected chi connectivity index (χ4v) is 3.73. The first-order chi connectivity index (χ1) is 11.7. The maximum absolute atomic E-state index is 12.8. The molecule has 24 heavy (non-hydrogen) atoms. The zero-order chi connectivity index (χ0) is 16.5. The molecule has 0 spiro atoms. The van der Waals surface area contributed by atoms with Crippen molar-refractivity contribution in [3.8, 4) is 0 Å². The normalized spacial score (nSPS) is 23.5. The summed E-state index contributed by atoms with van der Waals surface area (Å²) in [5.41, 5.74) is 1.25. The number of amides is 1. The second kappa shape index (κ2) is 6.36. The summed E-state index contributed by atoms with van der Waals surface area (Å²) >= 11 is 0. The van der Waals surface area contributed by atoms with Gasteiger partial charge in [0.25, 0.3) is 0 Å². The van der Waals surface area contributed by atoms with Crippen LogP contribution in [0.25, 0.3) is 0 Å². The van der Waals surface area contributed by atoms with Gasteiger partial charge < -0.3 is 10.2 Å². The van der Waals surface area contributed by atoms with Gasteiger partial charge in [0.05, 0.1) is 12.6 Å². The van der Waals surface area contributed by atoms with E-state index in [-0.39, 0.29) is 18.0 Å². The smallest absolute Gasteiger partial charge is 0.245 e. The van der Waals surface area contributed by atoms with Crippen molar-refractivity contribution in [3.63, 3.8) is 0 Å². The van der Waals surface area contributed by atoms with Crippen molar-refractivity contribution < 1.29 is 4.79 Å². The van der Waals surface area contributed by atoms with Crippen LogP contribution in [-0.2, 0) is 17.8 Å². The Hall–Kier alpha value is -2.21. The van der Waals surface area contributed by atoms with Crippen molar-refractivity contribution in [3.05, 3.63) is 47.5 Å². The first-order valence-electron chi connectivity index (χ1n) is 8.74. The van der Waals surface area contributed by atoms with Crippen LogP contribution >= 0.6 is 0 Å². The average Bonchev–Trinajstić information content (AvgIpc) is 3.27. The number of fused-ring (bicyclic) bond motifs is 1. The van der Waals surface area contributed by atoms with Gasteiger partial charge in [-0.1, -0.05) is 30.3 Å². The van der Waals surface area contributed by atoms with Crippen LogP contribution in [0.15, 0.2) is 30.3 Å². The number of aromatic nitrogens is 3. The van der Waals surface area contributed by atoms with Crippen LogP contribution in [-0.4, -0.2) is 38.7 Å². The van der Waals surface area contributed by atoms with E-state index in [0.29, 0.717) is 6.54 Å². The molecule has 1 N–H and O–H groups in total. The van der Waals surface area contributed by atoms with Crippen molar-refractivity contribution in [1.29, 1.82) is 0 Å². The third kappa shape index (κ3) is 2.71. The Morgan fingerprint density at radius 1 is 1.25 bits per heavy atom. The summed E-state index contributed by atoms with van der Waals surface area (Å²) in [4.78, 5) is 14.7. The Morgan fingerprint density at radius 2 is 2.08 bits per heavy atom. The van der Waals surface area contributed by atoms with Crippen LogP contribution in [0.4, 0.5) is 0 Å². The lowest BCUT2D eigenvalue weighted by atomic mass is 10.1. The quantitative estimate of drug-likeness (QED) is 0.932. The summed E-state index contributed by atoms with van der Waals surface area (Å²) in [6, 6.07) is 10.3. The van der Waals surface area contributed by atoms with Gasteiger partial charge in [0.1, 0.15) is 6.04 Å². The van der Waals surface area contributed by atoms with E-state index in [4.69, 9.17) is 0 Å². The average molecular weight is 325 g/mol. The summed E-state index contributed by atoms with van der Waals surface area (Å²) in [6.45, 7) is 4.24. The highest BCUT2D eigenvalue weighted by Crippen LogP contribution is 2.29. The molecule has 6 nitrogen and oxygen atoms in total. The molecule has 2 aliphatic heterocycles. The van der Waals surface area contributed by atoms with Crippen molar-refractivity contribution in [2.45, 2.75) is 44.8 Å². The second-order valence-electron chi connectivity index (χ2n) is 6.66. The predicted molar refractivity (Wildman–Crippen MR) is 90.3 cm³/mol. The molecular formula is C18H23N5O. The van der Waals surface area contributed by atoms with E-state index in [1.165, 1.54) is 5.56 Å². The third-order valence-corrected chi connectivity index (χ3v) is 5.07. The second-order valence-corrected chi connectivity index (χ2v) is 6.66. The van der Waals surface area contributed by atoms with Crippen LogP contribution in [0.3, 0.4) is 0 Å². The zero-order valence-electron chi connectivity index (χ0n) is 14.0. The SMILES string of the molecule is C[C@H]1C(=O)N(CCc2ccccc2)Cc2nnc(C3CCCN3)n21. The molecule has 2 aromatic rings. The fraction of sp³-hybridized carbons (Fsp3) is 0.500. The van der Waals surface area contributed by atoms with Gasteiger partial charge in [-0.2, -0.15) is 0 Å². The van der Waals surface area contributed by atoms with Crippen LogP contribution in [0, 0.1) is 0 Å². The molecular weight excluding hydrogens is 302 g/mol. The topological polar surface area (TPSA) is 63.1 Å². The minimum atomic E-state index is -0.225. The number of hydrogen-bond donors (Lipinski definition) is 1. The van der Waals surface area contributed by atoms with Gasteiger partial charge in [0.2, 0.25) is 5.91 Å². The Bertz CT molecular complexity index is 720. The van der Waals surface area contributed by atoms with Gasteiger partial charge >= 0.3 is 0 Å². The molecule has 3 heterocycles. The molecule has 0 bridgehead atoms. The molecule has 0 aliphatic carbocycles. The maximum Gasteiger partial charge on any atom is 0.245 e. The Kier molecular flexibility index (Phi) is 4.06. The number of hydrogen-bond acceptors (Lipinski definition) is 4. The minimum absolute atomic E-state index is 0.164. The van der Waals surface area contributed by atoms with Crippen LogP contribution < -0.4 is 5.32 Å². The lowest BCUT2D eigenvalue weighted by Gasteiger charge is -2.32. The Morgan fingerprint density at radius 3 is 2.83 bits per heavy atom. The third-order valence-electron chi connectivity index (χ3n) is 5.07. The molecule has 6 heteroatoms. The molecule has 0 saturated carbocycles. The molecule has 1 unspecified atom stereocenters. The van der Waals surface area contributed by atoms with Gasteiger partial charge in [-0.3, -0.25) is 9.36 Å². The highest BCUT2D eigenvalue weighted by Gasteiger charge is 2.35. The van der Waals surface area contributed by atoms with Gasteiger partial charge in [-0.05, 0) is 38.3 Å². The Balaban J connectivity index is 1.52. The van der Waals surface area contributed by atoms with Crippen LogP contribution in [0.2, 0.25) is 0 Å². The molecule has 126 valence electrons. The minimum Gasteiger partial charge on any atom is -0.333 e. The summed E-state index contributed by atoms with van der Waals surface area (Å²) in [5, 5.41) is 12.2. The molecule has 1 fully saturated rings. The van der Waals surface area contributed by atoms with E-state index in [0.717, 1.165) is 44.0 Å². The van der Waals surface area contributed by atoms with E-state index in [1.807, 2.05) is 34.6 Å². The lowest BCUT2D eigenvalue weighted by Crippen LogP contribution is -2.43. The lowest BCUT2D eigenvalue weighted by molar-refractivity contribution is -0.137. The predicted octanol–water partition coefficient (Wildman–Crippen LogP) is 1.85. The van der Waals surface area contributed by atoms with E-state index in [9.17, 15) is 4.79 Å². The highest BCUT2D eigenvalue weighted by atomic mass is 16.2. The largest absolute Gasteiger partial charge is 0.333 e. The van der Waals surface area contributed by atoms with E-state index in [1.54, 1.807) is 0 Å². The van der Waals surface area contributed by atoms with E-state index in [2.05, 4.69) is 27.6 Å². The van der Waals surface area contributed by atoms with Gasteiger partial charge in [-0.15, -0.1) is 10.2 Å². The zero-order valence-corrected chi connectivity index (χ0v) is 14.0. The van der Waals surface area contributed by atoms with Gasteiger partial charge in [0, 0.05) is 6.54 Å². The summed E-state index contributed by atoms with van der Waals surface area (Å²) < 4.78 is 2.05. The molecule has 0 radical (unpaired) electrons. The number of nitrogens with zero attached hydrogens (tertiary/aromatic N) is 4. The van der Waals surface area contributed by atoms with Gasteiger partial charge in [0.15, 0.2) is 11.6 Å². The van der Waals surface area contributed by atoms with Crippen molar-refractivity contribution in [1.82, 2.24) is 25.0 Å². The molecule has 1 aromatic carbocycles. The molecule has 1 amide bonds. The van der Waals surface area contributed by atoms with E-state index < -0.39 is 0 Å². The van der Waals surface area contributed by atoms with Crippen LogP contribution in [0.5, 0.6) is 0 Å². The van der Waals surface area contributed by atoms with Crippen molar-refractivity contribution in [2.75, 3.05) is 13.1 Å². The standard InChI is InChI=1S/C18H23N5O/c1-13-18(24)22(11-9-14-6-3-2-4-7-14)12-16-20-21-17(23(13)16)15-8-5-10-19-15/h2-4,6-7,13,15,19H,5,8-12H2,1H3/t13-,15?/m0/s1. The number of carbonyl (C=O) groups excluding carboxylic acids is 1. The highest BCUT2D eigenvalue weighted by molar-refractivity contribution is 5.81. The monoisotopic (exact) mass is 325 g/mol. The molecule has 2 aliphatic rings. The van der Waals surface area contributed by atoms with E-state index >= 15 is 0 Å². The Labute approximate surface area is 141 Å². The summed E-state index contributed by atoms with van der Waals surface area (Å²) in [5.74, 6) is 1.99. The maximum atomic E-state index is 12.8. The van der Waals surface area contributed by atoms with Crippen molar-refractivity contribution in [2.24, 2.45) is 0 Å². The van der Waals surface area contributed by atoms with Crippen molar-refractivity contribution >= 4 is 5.91 Å². The molecule has 1 saturated heterocycles. The molecule has 2 atom stereocenters. The fourth-order valence-electron chi connectivity index (χ4n) is 3.73. The molecule has 4 rings (SSSR count). The number of benzene rings is 1. The number of rotatable bonds is 4. The van der Waals surface area contributed by atoms with Crippen LogP contribution in [0.1, 0.15) is 49.1 Å². The number of nitrogens with one attached hydrogen (secondary N) is 1. The van der Waals surface area contributed by atoms with Gasteiger partial charge in [-0.25, -0.2) is 0 Å². The first kappa shape index (κ1) is 15.3. The summed E-state index contributed by atoms with van der Waals surface area (Å²) in [7, 11) is 0.